The molecule has 0 saturated heterocycles. The van der Waals surface area contributed by atoms with Gasteiger partial charge >= 0.3 is 0 Å². The number of aromatic nitrogens is 1. The third kappa shape index (κ3) is 4.21. The van der Waals surface area contributed by atoms with Gasteiger partial charge in [-0.3, -0.25) is 4.98 Å². The normalized spacial score (nSPS) is 11.9. The van der Waals surface area contributed by atoms with Crippen LogP contribution in [0, 0.1) is 0 Å². The number of hydrogen-bond acceptors (Lipinski definition) is 3. The van der Waals surface area contributed by atoms with Gasteiger partial charge in [0.15, 0.2) is 0 Å². The first kappa shape index (κ1) is 16.2. The molecule has 3 heteroatoms. The lowest BCUT2D eigenvalue weighted by molar-refractivity contribution is 0.768. The predicted molar refractivity (Wildman–Crippen MR) is 99.6 cm³/mol. The van der Waals surface area contributed by atoms with Crippen molar-refractivity contribution in [1.82, 2.24) is 4.98 Å². The molecule has 0 bridgehead atoms. The van der Waals surface area contributed by atoms with E-state index in [2.05, 4.69) is 64.5 Å². The van der Waals surface area contributed by atoms with Crippen LogP contribution in [0.25, 0.3) is 0 Å². The Labute approximate surface area is 143 Å². The molecule has 122 valence electrons. The van der Waals surface area contributed by atoms with Crippen LogP contribution in [0.2, 0.25) is 0 Å². The SMILES string of the molecule is C[C@@H](N)c1ccc(N(Cc2ccccc2)Cc2ccccc2)cn1. The molecule has 3 aromatic rings. The molecule has 2 N–H and O–H groups in total. The van der Waals surface area contributed by atoms with Crippen molar-refractivity contribution in [3.63, 3.8) is 0 Å². The third-order valence-corrected chi connectivity index (χ3v) is 4.03. The maximum absolute atomic E-state index is 5.91. The Morgan fingerprint density at radius 1 is 0.833 bits per heavy atom. The van der Waals surface area contributed by atoms with Crippen molar-refractivity contribution in [2.45, 2.75) is 26.1 Å². The van der Waals surface area contributed by atoms with Crippen molar-refractivity contribution in [3.05, 3.63) is 95.8 Å². The molecule has 0 aliphatic carbocycles. The Morgan fingerprint density at radius 3 is 1.79 bits per heavy atom. The van der Waals surface area contributed by atoms with Gasteiger partial charge in [0.2, 0.25) is 0 Å². The summed E-state index contributed by atoms with van der Waals surface area (Å²) in [5.41, 5.74) is 10.5. The minimum Gasteiger partial charge on any atom is -0.362 e. The summed E-state index contributed by atoms with van der Waals surface area (Å²) in [6.45, 7) is 3.64. The largest absolute Gasteiger partial charge is 0.362 e. The first-order valence-electron chi connectivity index (χ1n) is 8.27. The van der Waals surface area contributed by atoms with Crippen molar-refractivity contribution in [2.75, 3.05) is 4.90 Å². The monoisotopic (exact) mass is 317 g/mol. The average Bonchev–Trinajstić information content (AvgIpc) is 2.63. The molecule has 0 saturated carbocycles. The molecule has 0 spiro atoms. The Kier molecular flexibility index (Phi) is 5.24. The third-order valence-electron chi connectivity index (χ3n) is 4.03. The smallest absolute Gasteiger partial charge is 0.0569 e. The molecule has 3 rings (SSSR count). The fourth-order valence-electron chi connectivity index (χ4n) is 2.70. The van der Waals surface area contributed by atoms with Gasteiger partial charge in [-0.2, -0.15) is 0 Å². The number of pyridine rings is 1. The summed E-state index contributed by atoms with van der Waals surface area (Å²) in [5.74, 6) is 0. The van der Waals surface area contributed by atoms with E-state index < -0.39 is 0 Å². The Bertz CT molecular complexity index is 696. The number of hydrogen-bond donors (Lipinski definition) is 1. The van der Waals surface area contributed by atoms with E-state index in [4.69, 9.17) is 5.73 Å². The van der Waals surface area contributed by atoms with E-state index in [1.165, 1.54) is 11.1 Å². The molecule has 1 aromatic heterocycles. The van der Waals surface area contributed by atoms with E-state index in [9.17, 15) is 0 Å². The van der Waals surface area contributed by atoms with E-state index in [-0.39, 0.29) is 6.04 Å². The number of anilines is 1. The highest BCUT2D eigenvalue weighted by molar-refractivity contribution is 5.46. The quantitative estimate of drug-likeness (QED) is 0.736. The summed E-state index contributed by atoms with van der Waals surface area (Å²) < 4.78 is 0. The summed E-state index contributed by atoms with van der Waals surface area (Å²) in [7, 11) is 0. The number of benzene rings is 2. The van der Waals surface area contributed by atoms with Crippen LogP contribution >= 0.6 is 0 Å². The second-order valence-corrected chi connectivity index (χ2v) is 6.06. The van der Waals surface area contributed by atoms with Crippen molar-refractivity contribution in [3.8, 4) is 0 Å². The highest BCUT2D eigenvalue weighted by Gasteiger charge is 2.10. The van der Waals surface area contributed by atoms with Crippen LogP contribution in [0.5, 0.6) is 0 Å². The summed E-state index contributed by atoms with van der Waals surface area (Å²) in [6.07, 6.45) is 1.92. The van der Waals surface area contributed by atoms with Gasteiger partial charge in [0.1, 0.15) is 0 Å². The summed E-state index contributed by atoms with van der Waals surface area (Å²) in [6, 6.07) is 25.1. The van der Waals surface area contributed by atoms with Gasteiger partial charge in [-0.25, -0.2) is 0 Å². The van der Waals surface area contributed by atoms with Crippen molar-refractivity contribution >= 4 is 5.69 Å². The first-order chi connectivity index (χ1) is 11.7. The molecule has 0 aliphatic heterocycles. The first-order valence-corrected chi connectivity index (χ1v) is 8.27. The fraction of sp³-hybridized carbons (Fsp3) is 0.190. The molecule has 0 unspecified atom stereocenters. The Hall–Kier alpha value is -2.65. The molecule has 1 atom stereocenters. The molecule has 24 heavy (non-hydrogen) atoms. The van der Waals surface area contributed by atoms with E-state index in [1.807, 2.05) is 31.3 Å². The molecular weight excluding hydrogens is 294 g/mol. The van der Waals surface area contributed by atoms with E-state index in [1.54, 1.807) is 0 Å². The van der Waals surface area contributed by atoms with E-state index in [0.717, 1.165) is 24.5 Å². The van der Waals surface area contributed by atoms with Gasteiger partial charge in [-0.15, -0.1) is 0 Å². The molecule has 1 heterocycles. The topological polar surface area (TPSA) is 42.1 Å². The van der Waals surface area contributed by atoms with Crippen LogP contribution in [0.3, 0.4) is 0 Å². The van der Waals surface area contributed by atoms with Gasteiger partial charge in [0, 0.05) is 19.1 Å². The highest BCUT2D eigenvalue weighted by Crippen LogP contribution is 2.21. The maximum atomic E-state index is 5.91. The van der Waals surface area contributed by atoms with Gasteiger partial charge in [-0.05, 0) is 30.2 Å². The maximum Gasteiger partial charge on any atom is 0.0569 e. The summed E-state index contributed by atoms with van der Waals surface area (Å²) >= 11 is 0. The van der Waals surface area contributed by atoms with Gasteiger partial charge in [-0.1, -0.05) is 60.7 Å². The molecule has 2 aromatic carbocycles. The fourth-order valence-corrected chi connectivity index (χ4v) is 2.70. The van der Waals surface area contributed by atoms with Crippen LogP contribution in [-0.4, -0.2) is 4.98 Å². The molecule has 3 nitrogen and oxygen atoms in total. The van der Waals surface area contributed by atoms with E-state index in [0.29, 0.717) is 0 Å². The van der Waals surface area contributed by atoms with E-state index >= 15 is 0 Å². The lowest BCUT2D eigenvalue weighted by atomic mass is 10.1. The molecular formula is C21H23N3. The number of rotatable bonds is 6. The zero-order valence-electron chi connectivity index (χ0n) is 14.0. The summed E-state index contributed by atoms with van der Waals surface area (Å²) in [4.78, 5) is 6.85. The lowest BCUT2D eigenvalue weighted by Gasteiger charge is -2.25. The number of nitrogens with two attached hydrogens (primary N) is 1. The van der Waals surface area contributed by atoms with Crippen molar-refractivity contribution < 1.29 is 0 Å². The van der Waals surface area contributed by atoms with Gasteiger partial charge in [0.05, 0.1) is 17.6 Å². The molecule has 0 fully saturated rings. The second-order valence-electron chi connectivity index (χ2n) is 6.06. The second kappa shape index (κ2) is 7.75. The number of nitrogens with zero attached hydrogens (tertiary/aromatic N) is 2. The zero-order valence-corrected chi connectivity index (χ0v) is 14.0. The predicted octanol–water partition coefficient (Wildman–Crippen LogP) is 4.31. The van der Waals surface area contributed by atoms with Crippen molar-refractivity contribution in [2.24, 2.45) is 5.73 Å². The van der Waals surface area contributed by atoms with Gasteiger partial charge < -0.3 is 10.6 Å². The van der Waals surface area contributed by atoms with Crippen LogP contribution < -0.4 is 10.6 Å². The average molecular weight is 317 g/mol. The Balaban J connectivity index is 1.86. The van der Waals surface area contributed by atoms with Crippen LogP contribution in [0.1, 0.15) is 29.8 Å². The summed E-state index contributed by atoms with van der Waals surface area (Å²) in [5, 5.41) is 0. The van der Waals surface area contributed by atoms with Crippen LogP contribution in [-0.2, 0) is 13.1 Å². The Morgan fingerprint density at radius 2 is 1.38 bits per heavy atom. The molecule has 0 radical (unpaired) electrons. The zero-order chi connectivity index (χ0) is 16.8. The standard InChI is InChI=1S/C21H23N3/c1-17(22)21-13-12-20(14-23-21)24(15-18-8-4-2-5-9-18)16-19-10-6-3-7-11-19/h2-14,17H,15-16,22H2,1H3/t17-/m1/s1. The minimum atomic E-state index is -0.0456. The van der Waals surface area contributed by atoms with Crippen LogP contribution in [0.15, 0.2) is 79.0 Å². The lowest BCUT2D eigenvalue weighted by Crippen LogP contribution is -2.22. The van der Waals surface area contributed by atoms with Crippen LogP contribution in [0.4, 0.5) is 5.69 Å². The van der Waals surface area contributed by atoms with Crippen molar-refractivity contribution in [1.29, 1.82) is 0 Å². The molecule has 0 aliphatic rings. The minimum absolute atomic E-state index is 0.0456. The highest BCUT2D eigenvalue weighted by atomic mass is 15.1. The van der Waals surface area contributed by atoms with Gasteiger partial charge in [0.25, 0.3) is 0 Å². The molecule has 0 amide bonds.